The van der Waals surface area contributed by atoms with E-state index in [1.54, 1.807) is 25.1 Å². The second-order valence-electron chi connectivity index (χ2n) is 3.80. The molecule has 0 atom stereocenters. The van der Waals surface area contributed by atoms with Crippen molar-refractivity contribution in [1.82, 2.24) is 0 Å². The van der Waals surface area contributed by atoms with Gasteiger partial charge < -0.3 is 15.2 Å². The van der Waals surface area contributed by atoms with Gasteiger partial charge in [-0.3, -0.25) is 4.79 Å². The van der Waals surface area contributed by atoms with Crippen molar-refractivity contribution >= 4 is 23.3 Å². The zero-order valence-corrected chi connectivity index (χ0v) is 11.2. The Morgan fingerprint density at radius 1 is 1.39 bits per heavy atom. The Labute approximate surface area is 112 Å². The average Bonchev–Trinajstić information content (AvgIpc) is 2.33. The normalized spacial score (nSPS) is 10.1. The number of hydrogen-bond donors (Lipinski definition) is 1. The van der Waals surface area contributed by atoms with E-state index in [-0.39, 0.29) is 5.97 Å². The van der Waals surface area contributed by atoms with Crippen LogP contribution in [-0.2, 0) is 9.53 Å². The summed E-state index contributed by atoms with van der Waals surface area (Å²) in [5, 5.41) is 0.537. The van der Waals surface area contributed by atoms with Crippen molar-refractivity contribution in [2.75, 3.05) is 18.9 Å². The minimum Gasteiger partial charge on any atom is -0.492 e. The molecule has 0 saturated heterocycles. The van der Waals surface area contributed by atoms with Crippen LogP contribution in [0.1, 0.15) is 26.2 Å². The first-order valence-electron chi connectivity index (χ1n) is 5.97. The van der Waals surface area contributed by atoms with Gasteiger partial charge in [-0.05, 0) is 31.9 Å². The lowest BCUT2D eigenvalue weighted by atomic mass is 10.2. The monoisotopic (exact) mass is 271 g/mol. The van der Waals surface area contributed by atoms with Gasteiger partial charge in [0.2, 0.25) is 0 Å². The molecule has 1 rings (SSSR count). The van der Waals surface area contributed by atoms with Gasteiger partial charge in [-0.2, -0.15) is 0 Å². The van der Waals surface area contributed by atoms with Crippen molar-refractivity contribution in [3.05, 3.63) is 23.2 Å². The van der Waals surface area contributed by atoms with Gasteiger partial charge in [0.05, 0.1) is 18.2 Å². The lowest BCUT2D eigenvalue weighted by Gasteiger charge is -2.08. The number of nitrogen functional groups attached to an aromatic ring is 1. The van der Waals surface area contributed by atoms with Gasteiger partial charge in [-0.1, -0.05) is 11.6 Å². The molecule has 0 unspecified atom stereocenters. The molecular weight excluding hydrogens is 254 g/mol. The van der Waals surface area contributed by atoms with Crippen molar-refractivity contribution in [1.29, 1.82) is 0 Å². The highest BCUT2D eigenvalue weighted by atomic mass is 35.5. The maximum absolute atomic E-state index is 11.1. The summed E-state index contributed by atoms with van der Waals surface area (Å²) in [6.07, 6.45) is 1.92. The third kappa shape index (κ3) is 5.27. The van der Waals surface area contributed by atoms with Gasteiger partial charge in [0.1, 0.15) is 5.75 Å². The number of anilines is 1. The highest BCUT2D eigenvalue weighted by molar-refractivity contribution is 6.32. The second kappa shape index (κ2) is 7.82. The third-order valence-corrected chi connectivity index (χ3v) is 2.61. The van der Waals surface area contributed by atoms with Crippen LogP contribution >= 0.6 is 11.6 Å². The molecule has 18 heavy (non-hydrogen) atoms. The predicted octanol–water partition coefficient (Wildman–Crippen LogP) is 3.03. The molecule has 2 N–H and O–H groups in total. The van der Waals surface area contributed by atoms with E-state index in [1.165, 1.54) is 0 Å². The van der Waals surface area contributed by atoms with Gasteiger partial charge in [0.15, 0.2) is 0 Å². The zero-order valence-electron chi connectivity index (χ0n) is 10.4. The maximum Gasteiger partial charge on any atom is 0.305 e. The van der Waals surface area contributed by atoms with Crippen LogP contribution in [-0.4, -0.2) is 19.2 Å². The lowest BCUT2D eigenvalue weighted by molar-refractivity contribution is -0.143. The zero-order chi connectivity index (χ0) is 13.4. The highest BCUT2D eigenvalue weighted by Gasteiger charge is 2.03. The minimum absolute atomic E-state index is 0.167. The Balaban J connectivity index is 2.21. The summed E-state index contributed by atoms with van der Waals surface area (Å²) in [6, 6.07) is 5.11. The standard InChI is InChI=1S/C13H18ClNO3/c1-2-17-13(16)5-3-4-8-18-12-9-10(15)6-7-11(12)14/h6-7,9H,2-5,8,15H2,1H3. The van der Waals surface area contributed by atoms with Gasteiger partial charge in [-0.25, -0.2) is 0 Å². The van der Waals surface area contributed by atoms with Gasteiger partial charge in [0, 0.05) is 18.2 Å². The molecule has 0 saturated carbocycles. The summed E-state index contributed by atoms with van der Waals surface area (Å²) >= 11 is 5.95. The SMILES string of the molecule is CCOC(=O)CCCCOc1cc(N)ccc1Cl. The molecule has 0 aliphatic rings. The van der Waals surface area contributed by atoms with Gasteiger partial charge in [0.25, 0.3) is 0 Å². The maximum atomic E-state index is 11.1. The van der Waals surface area contributed by atoms with Crippen LogP contribution in [0.15, 0.2) is 18.2 Å². The summed E-state index contributed by atoms with van der Waals surface area (Å²) in [5.41, 5.74) is 6.24. The molecule has 1 aromatic carbocycles. The molecule has 0 amide bonds. The molecule has 4 nitrogen and oxygen atoms in total. The summed E-state index contributed by atoms with van der Waals surface area (Å²) in [6.45, 7) is 2.72. The van der Waals surface area contributed by atoms with Crippen molar-refractivity contribution in [3.63, 3.8) is 0 Å². The fourth-order valence-corrected chi connectivity index (χ4v) is 1.59. The van der Waals surface area contributed by atoms with Crippen LogP contribution in [0.4, 0.5) is 5.69 Å². The van der Waals surface area contributed by atoms with Crippen LogP contribution in [0.2, 0.25) is 5.02 Å². The number of hydrogen-bond acceptors (Lipinski definition) is 4. The Morgan fingerprint density at radius 3 is 2.89 bits per heavy atom. The number of benzene rings is 1. The molecular formula is C13H18ClNO3. The van der Waals surface area contributed by atoms with E-state index in [1.807, 2.05) is 0 Å². The van der Waals surface area contributed by atoms with E-state index in [2.05, 4.69) is 0 Å². The highest BCUT2D eigenvalue weighted by Crippen LogP contribution is 2.26. The van der Waals surface area contributed by atoms with Crippen molar-refractivity contribution in [3.8, 4) is 5.75 Å². The summed E-state index contributed by atoms with van der Waals surface area (Å²) in [4.78, 5) is 11.1. The molecule has 0 radical (unpaired) electrons. The molecule has 0 bridgehead atoms. The van der Waals surface area contributed by atoms with E-state index in [4.69, 9.17) is 26.8 Å². The number of esters is 1. The summed E-state index contributed by atoms with van der Waals surface area (Å²) < 4.78 is 10.3. The molecule has 100 valence electrons. The van der Waals surface area contributed by atoms with Crippen LogP contribution in [0.5, 0.6) is 5.75 Å². The van der Waals surface area contributed by atoms with E-state index >= 15 is 0 Å². The minimum atomic E-state index is -0.167. The summed E-state index contributed by atoms with van der Waals surface area (Å²) in [7, 11) is 0. The molecule has 5 heteroatoms. The number of carbonyl (C=O) groups is 1. The van der Waals surface area contributed by atoms with Crippen LogP contribution in [0, 0.1) is 0 Å². The molecule has 0 aliphatic carbocycles. The largest absolute Gasteiger partial charge is 0.492 e. The van der Waals surface area contributed by atoms with Gasteiger partial charge in [-0.15, -0.1) is 0 Å². The van der Waals surface area contributed by atoms with Crippen molar-refractivity contribution in [2.45, 2.75) is 26.2 Å². The first-order chi connectivity index (χ1) is 8.63. The molecule has 0 aromatic heterocycles. The second-order valence-corrected chi connectivity index (χ2v) is 4.21. The van der Waals surface area contributed by atoms with E-state index in [9.17, 15) is 4.79 Å². The Hall–Kier alpha value is -1.42. The predicted molar refractivity (Wildman–Crippen MR) is 71.8 cm³/mol. The van der Waals surface area contributed by atoms with Gasteiger partial charge >= 0.3 is 5.97 Å². The van der Waals surface area contributed by atoms with E-state index in [0.29, 0.717) is 36.1 Å². The van der Waals surface area contributed by atoms with Crippen molar-refractivity contribution in [2.24, 2.45) is 0 Å². The molecule has 0 aliphatic heterocycles. The number of nitrogens with two attached hydrogens (primary N) is 1. The first kappa shape index (κ1) is 14.6. The fourth-order valence-electron chi connectivity index (χ4n) is 1.42. The number of ether oxygens (including phenoxy) is 2. The van der Waals surface area contributed by atoms with Crippen LogP contribution in [0.25, 0.3) is 0 Å². The quantitative estimate of drug-likeness (QED) is 0.470. The molecule has 0 fully saturated rings. The number of unbranched alkanes of at least 4 members (excludes halogenated alkanes) is 1. The average molecular weight is 272 g/mol. The smallest absolute Gasteiger partial charge is 0.305 e. The fraction of sp³-hybridized carbons (Fsp3) is 0.462. The number of carbonyl (C=O) groups excluding carboxylic acids is 1. The van der Waals surface area contributed by atoms with Crippen LogP contribution in [0.3, 0.4) is 0 Å². The Kier molecular flexibility index (Phi) is 6.36. The third-order valence-electron chi connectivity index (χ3n) is 2.29. The molecule has 0 heterocycles. The number of halogens is 1. The summed E-state index contributed by atoms with van der Waals surface area (Å²) in [5.74, 6) is 0.410. The first-order valence-corrected chi connectivity index (χ1v) is 6.34. The van der Waals surface area contributed by atoms with Crippen LogP contribution < -0.4 is 10.5 Å². The Morgan fingerprint density at radius 2 is 2.17 bits per heavy atom. The van der Waals surface area contributed by atoms with E-state index < -0.39 is 0 Å². The lowest BCUT2D eigenvalue weighted by Crippen LogP contribution is -2.05. The number of rotatable bonds is 7. The Bertz CT molecular complexity index is 396. The topological polar surface area (TPSA) is 61.5 Å². The van der Waals surface area contributed by atoms with Crippen molar-refractivity contribution < 1.29 is 14.3 Å². The van der Waals surface area contributed by atoms with E-state index in [0.717, 1.165) is 12.8 Å². The molecule has 0 spiro atoms. The molecule has 1 aromatic rings.